The molecule has 136 valence electrons. The van der Waals surface area contributed by atoms with Gasteiger partial charge in [0.15, 0.2) is 11.5 Å². The molecule has 0 saturated carbocycles. The van der Waals surface area contributed by atoms with Gasteiger partial charge in [-0.05, 0) is 31.7 Å². The van der Waals surface area contributed by atoms with Gasteiger partial charge in [-0.1, -0.05) is 40.0 Å². The number of benzene rings is 1. The predicted octanol–water partition coefficient (Wildman–Crippen LogP) is 4.79. The largest absolute Gasteiger partial charge is 0.504 e. The standard InChI is InChI=1S/C19H30O5/c1-4-7-10-14-15(19(21)22)13-16(20)18(24-12-9-6-3)17(14)23-11-8-5-2/h13,20H,4-12H2,1-3H3,(H,21,22). The molecule has 0 bridgehead atoms. The lowest BCUT2D eigenvalue weighted by atomic mass is 9.99. The zero-order chi connectivity index (χ0) is 17.9. The number of unbranched alkanes of at least 4 members (excludes halogenated alkanes) is 3. The highest BCUT2D eigenvalue weighted by molar-refractivity contribution is 5.92. The van der Waals surface area contributed by atoms with E-state index < -0.39 is 5.97 Å². The van der Waals surface area contributed by atoms with Gasteiger partial charge >= 0.3 is 5.97 Å². The second kappa shape index (κ2) is 10.8. The normalized spacial score (nSPS) is 10.6. The summed E-state index contributed by atoms with van der Waals surface area (Å²) < 4.78 is 11.6. The van der Waals surface area contributed by atoms with E-state index in [0.717, 1.165) is 38.5 Å². The smallest absolute Gasteiger partial charge is 0.336 e. The van der Waals surface area contributed by atoms with Crippen LogP contribution in [0.3, 0.4) is 0 Å². The van der Waals surface area contributed by atoms with Gasteiger partial charge in [0.2, 0.25) is 5.75 Å². The fraction of sp³-hybridized carbons (Fsp3) is 0.632. The van der Waals surface area contributed by atoms with E-state index in [1.807, 2.05) is 0 Å². The molecule has 0 aliphatic rings. The van der Waals surface area contributed by atoms with E-state index in [1.54, 1.807) is 0 Å². The number of hydrogen-bond donors (Lipinski definition) is 2. The summed E-state index contributed by atoms with van der Waals surface area (Å²) >= 11 is 0. The van der Waals surface area contributed by atoms with E-state index in [2.05, 4.69) is 20.8 Å². The summed E-state index contributed by atoms with van der Waals surface area (Å²) in [5.74, 6) is -0.562. The molecule has 0 saturated heterocycles. The Kier molecular flexibility index (Phi) is 9.05. The lowest BCUT2D eigenvalue weighted by molar-refractivity contribution is 0.0694. The number of aromatic carboxylic acids is 1. The Morgan fingerprint density at radius 2 is 1.50 bits per heavy atom. The van der Waals surface area contributed by atoms with Crippen molar-refractivity contribution < 1.29 is 24.5 Å². The van der Waals surface area contributed by atoms with E-state index in [1.165, 1.54) is 6.07 Å². The lowest BCUT2D eigenvalue weighted by Crippen LogP contribution is -2.10. The first-order chi connectivity index (χ1) is 11.6. The molecule has 0 heterocycles. The number of carboxylic acid groups (broad SMARTS) is 1. The number of aromatic hydroxyl groups is 1. The van der Waals surface area contributed by atoms with Crippen molar-refractivity contribution in [2.45, 2.75) is 65.7 Å². The quantitative estimate of drug-likeness (QED) is 0.536. The van der Waals surface area contributed by atoms with Crippen LogP contribution in [0.2, 0.25) is 0 Å². The summed E-state index contributed by atoms with van der Waals surface area (Å²) in [6.07, 6.45) is 6.05. The Morgan fingerprint density at radius 1 is 0.958 bits per heavy atom. The van der Waals surface area contributed by atoms with Gasteiger partial charge in [0.1, 0.15) is 0 Å². The molecule has 5 heteroatoms. The van der Waals surface area contributed by atoms with Crippen LogP contribution in [0.1, 0.15) is 75.2 Å². The molecule has 1 rings (SSSR count). The highest BCUT2D eigenvalue weighted by Crippen LogP contribution is 2.42. The molecule has 5 nitrogen and oxygen atoms in total. The molecule has 0 aliphatic heterocycles. The van der Waals surface area contributed by atoms with E-state index in [9.17, 15) is 15.0 Å². The number of ether oxygens (including phenoxy) is 2. The average molecular weight is 338 g/mol. The van der Waals surface area contributed by atoms with Crippen molar-refractivity contribution in [3.8, 4) is 17.2 Å². The molecule has 0 spiro atoms. The molecule has 0 fully saturated rings. The third-order valence-corrected chi connectivity index (χ3v) is 3.82. The van der Waals surface area contributed by atoms with Gasteiger partial charge < -0.3 is 19.7 Å². The molecule has 0 radical (unpaired) electrons. The second-order valence-electron chi connectivity index (χ2n) is 5.89. The zero-order valence-corrected chi connectivity index (χ0v) is 15.1. The van der Waals surface area contributed by atoms with Crippen LogP contribution in [-0.2, 0) is 6.42 Å². The SMILES string of the molecule is CCCCOc1c(O)cc(C(=O)O)c(CCCC)c1OCCCC. The summed E-state index contributed by atoms with van der Waals surface area (Å²) in [7, 11) is 0. The van der Waals surface area contributed by atoms with Crippen molar-refractivity contribution >= 4 is 5.97 Å². The molecule has 2 N–H and O–H groups in total. The van der Waals surface area contributed by atoms with Gasteiger partial charge in [0.25, 0.3) is 0 Å². The molecular formula is C19H30O5. The first-order valence-electron chi connectivity index (χ1n) is 8.94. The Bertz CT molecular complexity index is 525. The van der Waals surface area contributed by atoms with Gasteiger partial charge in [0, 0.05) is 5.56 Å². The highest BCUT2D eigenvalue weighted by Gasteiger charge is 2.23. The van der Waals surface area contributed by atoms with E-state index in [-0.39, 0.29) is 17.1 Å². The molecule has 0 amide bonds. The van der Waals surface area contributed by atoms with Crippen molar-refractivity contribution in [2.75, 3.05) is 13.2 Å². The summed E-state index contributed by atoms with van der Waals surface area (Å²) in [5, 5.41) is 19.7. The van der Waals surface area contributed by atoms with Crippen LogP contribution in [-0.4, -0.2) is 29.4 Å². The van der Waals surface area contributed by atoms with E-state index >= 15 is 0 Å². The van der Waals surface area contributed by atoms with Crippen molar-refractivity contribution in [2.24, 2.45) is 0 Å². The molecule has 0 aromatic heterocycles. The van der Waals surface area contributed by atoms with Gasteiger partial charge in [-0.15, -0.1) is 0 Å². The first kappa shape index (κ1) is 20.1. The average Bonchev–Trinajstić information content (AvgIpc) is 2.55. The minimum atomic E-state index is -1.06. The van der Waals surface area contributed by atoms with Crippen LogP contribution in [0.25, 0.3) is 0 Å². The third kappa shape index (κ3) is 5.62. The summed E-state index contributed by atoms with van der Waals surface area (Å²) in [4.78, 5) is 11.6. The molecule has 0 unspecified atom stereocenters. The summed E-state index contributed by atoms with van der Waals surface area (Å²) in [6, 6.07) is 1.28. The topological polar surface area (TPSA) is 76.0 Å². The maximum absolute atomic E-state index is 11.6. The van der Waals surface area contributed by atoms with E-state index in [0.29, 0.717) is 30.9 Å². The number of carbonyl (C=O) groups is 1. The maximum atomic E-state index is 11.6. The maximum Gasteiger partial charge on any atom is 0.336 e. The number of phenolic OH excluding ortho intramolecular Hbond substituents is 1. The van der Waals surface area contributed by atoms with Crippen molar-refractivity contribution in [3.63, 3.8) is 0 Å². The van der Waals surface area contributed by atoms with Crippen molar-refractivity contribution in [1.82, 2.24) is 0 Å². The predicted molar refractivity (Wildman–Crippen MR) is 94.5 cm³/mol. The Hall–Kier alpha value is -1.91. The Balaban J connectivity index is 3.29. The van der Waals surface area contributed by atoms with Crippen LogP contribution in [0.5, 0.6) is 17.2 Å². The lowest BCUT2D eigenvalue weighted by Gasteiger charge is -2.19. The van der Waals surface area contributed by atoms with Gasteiger partial charge in [-0.2, -0.15) is 0 Å². The molecular weight excluding hydrogens is 308 g/mol. The Morgan fingerprint density at radius 3 is 2.00 bits per heavy atom. The molecule has 24 heavy (non-hydrogen) atoms. The van der Waals surface area contributed by atoms with Crippen LogP contribution in [0.4, 0.5) is 0 Å². The van der Waals surface area contributed by atoms with Crippen molar-refractivity contribution in [3.05, 3.63) is 17.2 Å². The Labute approximate surface area is 144 Å². The molecule has 0 aliphatic carbocycles. The minimum Gasteiger partial charge on any atom is -0.504 e. The van der Waals surface area contributed by atoms with Crippen LogP contribution in [0.15, 0.2) is 6.07 Å². The third-order valence-electron chi connectivity index (χ3n) is 3.82. The van der Waals surface area contributed by atoms with Crippen molar-refractivity contribution in [1.29, 1.82) is 0 Å². The fourth-order valence-electron chi connectivity index (χ4n) is 2.39. The monoisotopic (exact) mass is 338 g/mol. The first-order valence-corrected chi connectivity index (χ1v) is 8.94. The fourth-order valence-corrected chi connectivity index (χ4v) is 2.39. The molecule has 0 atom stereocenters. The second-order valence-corrected chi connectivity index (χ2v) is 5.89. The summed E-state index contributed by atoms with van der Waals surface area (Å²) in [5.41, 5.74) is 0.708. The van der Waals surface area contributed by atoms with Crippen LogP contribution in [0, 0.1) is 0 Å². The number of carboxylic acids is 1. The molecule has 1 aromatic carbocycles. The number of hydrogen-bond acceptors (Lipinski definition) is 4. The van der Waals surface area contributed by atoms with Crippen LogP contribution < -0.4 is 9.47 Å². The van der Waals surface area contributed by atoms with Gasteiger partial charge in [-0.3, -0.25) is 0 Å². The summed E-state index contributed by atoms with van der Waals surface area (Å²) in [6.45, 7) is 7.11. The minimum absolute atomic E-state index is 0.0929. The van der Waals surface area contributed by atoms with Gasteiger partial charge in [-0.25, -0.2) is 4.79 Å². The van der Waals surface area contributed by atoms with E-state index in [4.69, 9.17) is 9.47 Å². The van der Waals surface area contributed by atoms with Gasteiger partial charge in [0.05, 0.1) is 18.8 Å². The zero-order valence-electron chi connectivity index (χ0n) is 15.1. The number of rotatable bonds is 12. The molecule has 1 aromatic rings. The number of phenols is 1. The van der Waals surface area contributed by atoms with Crippen LogP contribution >= 0.6 is 0 Å². The highest BCUT2D eigenvalue weighted by atomic mass is 16.5.